The number of H-pyrrole nitrogens is 1. The van der Waals surface area contributed by atoms with Crippen molar-refractivity contribution in [3.63, 3.8) is 0 Å². The third-order valence-electron chi connectivity index (χ3n) is 3.13. The maximum atomic E-state index is 11.5. The fraction of sp³-hybridized carbons (Fsp3) is 0.0714. The van der Waals surface area contributed by atoms with E-state index >= 15 is 0 Å². The molecule has 0 aliphatic heterocycles. The van der Waals surface area contributed by atoms with Crippen LogP contribution >= 0.6 is 23.2 Å². The molecular formula is C14H10Cl2N2O2S. The lowest BCUT2D eigenvalue weighted by atomic mass is 10.1. The average Bonchev–Trinajstić information content (AvgIpc) is 2.82. The normalized spacial score (nSPS) is 12.0. The van der Waals surface area contributed by atoms with Crippen molar-refractivity contribution >= 4 is 43.9 Å². The molecule has 0 spiro atoms. The number of rotatable bonds is 2. The van der Waals surface area contributed by atoms with Crippen LogP contribution in [0.5, 0.6) is 0 Å². The van der Waals surface area contributed by atoms with Crippen molar-refractivity contribution in [3.05, 3.63) is 46.7 Å². The predicted octanol–water partition coefficient (Wildman–Crippen LogP) is 3.94. The molecule has 7 heteroatoms. The van der Waals surface area contributed by atoms with Gasteiger partial charge in [-0.15, -0.1) is 0 Å². The number of fused-ring (bicyclic) bond motifs is 1. The predicted molar refractivity (Wildman–Crippen MR) is 84.7 cm³/mol. The van der Waals surface area contributed by atoms with Gasteiger partial charge < -0.3 is 4.98 Å². The van der Waals surface area contributed by atoms with E-state index in [0.29, 0.717) is 10.3 Å². The van der Waals surface area contributed by atoms with Gasteiger partial charge in [0.15, 0.2) is 9.84 Å². The van der Waals surface area contributed by atoms with Gasteiger partial charge in [0, 0.05) is 17.3 Å². The minimum absolute atomic E-state index is 0.283. The van der Waals surface area contributed by atoms with Crippen LogP contribution in [-0.2, 0) is 9.84 Å². The molecule has 0 atom stereocenters. The number of hydrogen-bond donors (Lipinski definition) is 1. The third-order valence-corrected chi connectivity index (χ3v) is 4.74. The Kier molecular flexibility index (Phi) is 3.43. The van der Waals surface area contributed by atoms with Gasteiger partial charge in [-0.25, -0.2) is 13.4 Å². The van der Waals surface area contributed by atoms with Crippen LogP contribution < -0.4 is 0 Å². The first-order chi connectivity index (χ1) is 9.84. The lowest BCUT2D eigenvalue weighted by Gasteiger charge is -2.00. The molecule has 0 unspecified atom stereocenters. The lowest BCUT2D eigenvalue weighted by molar-refractivity contribution is 0.602. The fourth-order valence-electron chi connectivity index (χ4n) is 2.10. The van der Waals surface area contributed by atoms with Gasteiger partial charge >= 0.3 is 0 Å². The van der Waals surface area contributed by atoms with Gasteiger partial charge in [-0.05, 0) is 29.8 Å². The van der Waals surface area contributed by atoms with Crippen LogP contribution in [0.1, 0.15) is 0 Å². The van der Waals surface area contributed by atoms with Crippen LogP contribution in [0.4, 0.5) is 0 Å². The first-order valence-electron chi connectivity index (χ1n) is 6.00. The second kappa shape index (κ2) is 5.02. The Morgan fingerprint density at radius 2 is 1.76 bits per heavy atom. The van der Waals surface area contributed by atoms with E-state index in [4.69, 9.17) is 23.2 Å². The van der Waals surface area contributed by atoms with Gasteiger partial charge in [-0.1, -0.05) is 35.3 Å². The van der Waals surface area contributed by atoms with Crippen molar-refractivity contribution in [1.82, 2.24) is 9.97 Å². The molecule has 21 heavy (non-hydrogen) atoms. The molecule has 0 radical (unpaired) electrons. The minimum Gasteiger partial charge on any atom is -0.354 e. The number of halogens is 2. The summed E-state index contributed by atoms with van der Waals surface area (Å²) < 4.78 is 22.9. The van der Waals surface area contributed by atoms with Crippen molar-refractivity contribution in [3.8, 4) is 11.3 Å². The highest BCUT2D eigenvalue weighted by molar-refractivity contribution is 7.90. The van der Waals surface area contributed by atoms with Gasteiger partial charge in [-0.3, -0.25) is 0 Å². The summed E-state index contributed by atoms with van der Waals surface area (Å²) in [6, 6.07) is 10.2. The molecule has 0 saturated carbocycles. The topological polar surface area (TPSA) is 62.8 Å². The van der Waals surface area contributed by atoms with Gasteiger partial charge in [0.2, 0.25) is 0 Å². The van der Waals surface area contributed by atoms with E-state index < -0.39 is 9.84 Å². The Morgan fingerprint density at radius 3 is 2.38 bits per heavy atom. The molecule has 0 amide bonds. The Bertz CT molecular complexity index is 932. The monoisotopic (exact) mass is 340 g/mol. The molecule has 0 aliphatic carbocycles. The second-order valence-electron chi connectivity index (χ2n) is 4.68. The zero-order valence-electron chi connectivity index (χ0n) is 10.9. The zero-order valence-corrected chi connectivity index (χ0v) is 13.2. The highest BCUT2D eigenvalue weighted by atomic mass is 35.5. The molecule has 0 aliphatic rings. The number of nitrogens with zero attached hydrogens (tertiary/aromatic N) is 1. The van der Waals surface area contributed by atoms with Crippen molar-refractivity contribution in [1.29, 1.82) is 0 Å². The number of aromatic amines is 1. The Morgan fingerprint density at radius 1 is 1.10 bits per heavy atom. The van der Waals surface area contributed by atoms with E-state index in [2.05, 4.69) is 9.97 Å². The van der Waals surface area contributed by atoms with Crippen molar-refractivity contribution < 1.29 is 8.42 Å². The Balaban J connectivity index is 2.10. The van der Waals surface area contributed by atoms with Crippen LogP contribution in [0.25, 0.3) is 22.2 Å². The quantitative estimate of drug-likeness (QED) is 0.718. The van der Waals surface area contributed by atoms with Crippen LogP contribution in [-0.4, -0.2) is 24.6 Å². The van der Waals surface area contributed by atoms with E-state index in [0.717, 1.165) is 22.2 Å². The number of hydrogen-bond acceptors (Lipinski definition) is 3. The summed E-state index contributed by atoms with van der Waals surface area (Å²) in [7, 11) is -3.20. The molecule has 2 heterocycles. The van der Waals surface area contributed by atoms with E-state index in [-0.39, 0.29) is 4.90 Å². The van der Waals surface area contributed by atoms with Gasteiger partial charge in [0.1, 0.15) is 10.3 Å². The van der Waals surface area contributed by atoms with Crippen molar-refractivity contribution in [2.45, 2.75) is 4.90 Å². The Hall–Kier alpha value is -1.56. The molecule has 4 nitrogen and oxygen atoms in total. The summed E-state index contributed by atoms with van der Waals surface area (Å²) in [5, 5.41) is 1.41. The molecule has 0 saturated heterocycles. The number of nitrogens with one attached hydrogen (secondary N) is 1. The van der Waals surface area contributed by atoms with E-state index in [1.54, 1.807) is 30.3 Å². The summed E-state index contributed by atoms with van der Waals surface area (Å²) >= 11 is 11.9. The molecule has 1 aromatic carbocycles. The van der Waals surface area contributed by atoms with Crippen molar-refractivity contribution in [2.75, 3.05) is 6.26 Å². The highest BCUT2D eigenvalue weighted by Gasteiger charge is 2.10. The Labute approximate surface area is 131 Å². The highest BCUT2D eigenvalue weighted by Crippen LogP contribution is 2.30. The van der Waals surface area contributed by atoms with E-state index in [1.807, 2.05) is 6.07 Å². The summed E-state index contributed by atoms with van der Waals surface area (Å²) in [5.74, 6) is 0. The number of benzene rings is 1. The molecule has 1 N–H and O–H groups in total. The van der Waals surface area contributed by atoms with Crippen LogP contribution in [0.15, 0.2) is 41.3 Å². The molecule has 3 aromatic rings. The van der Waals surface area contributed by atoms with E-state index in [9.17, 15) is 8.42 Å². The van der Waals surface area contributed by atoms with E-state index in [1.165, 1.54) is 6.26 Å². The lowest BCUT2D eigenvalue weighted by Crippen LogP contribution is -1.96. The molecule has 108 valence electrons. The first kappa shape index (κ1) is 14.4. The zero-order chi connectivity index (χ0) is 15.2. The van der Waals surface area contributed by atoms with Gasteiger partial charge in [0.25, 0.3) is 0 Å². The smallest absolute Gasteiger partial charge is 0.175 e. The number of pyridine rings is 1. The third kappa shape index (κ3) is 2.77. The van der Waals surface area contributed by atoms with Crippen molar-refractivity contribution in [2.24, 2.45) is 0 Å². The largest absolute Gasteiger partial charge is 0.354 e. The summed E-state index contributed by atoms with van der Waals surface area (Å²) in [4.78, 5) is 7.46. The SMILES string of the molecule is CS(=O)(=O)c1ccc(-c2cc3c(Cl)nc(Cl)cc3[nH]2)cc1. The molecule has 0 fully saturated rings. The fourth-order valence-corrected chi connectivity index (χ4v) is 3.21. The summed E-state index contributed by atoms with van der Waals surface area (Å²) in [6.07, 6.45) is 1.18. The minimum atomic E-state index is -3.20. The first-order valence-corrected chi connectivity index (χ1v) is 8.64. The molecular weight excluding hydrogens is 331 g/mol. The number of aromatic nitrogens is 2. The van der Waals surface area contributed by atoms with Crippen LogP contribution in [0.3, 0.4) is 0 Å². The molecule has 3 rings (SSSR count). The number of sulfone groups is 1. The summed E-state index contributed by atoms with van der Waals surface area (Å²) in [5.41, 5.74) is 2.45. The summed E-state index contributed by atoms with van der Waals surface area (Å²) in [6.45, 7) is 0. The molecule has 2 aromatic heterocycles. The van der Waals surface area contributed by atoms with Crippen LogP contribution in [0.2, 0.25) is 10.3 Å². The average molecular weight is 341 g/mol. The maximum Gasteiger partial charge on any atom is 0.175 e. The van der Waals surface area contributed by atoms with Crippen LogP contribution in [0, 0.1) is 0 Å². The van der Waals surface area contributed by atoms with Gasteiger partial charge in [0.05, 0.1) is 10.4 Å². The second-order valence-corrected chi connectivity index (χ2v) is 7.44. The molecule has 0 bridgehead atoms. The standard InChI is InChI=1S/C14H10Cl2N2O2S/c1-21(19,20)9-4-2-8(3-5-9)11-6-10-12(17-11)7-13(15)18-14(10)16/h2-7,17H,1H3. The van der Waals surface area contributed by atoms with Gasteiger partial charge in [-0.2, -0.15) is 0 Å². The maximum absolute atomic E-state index is 11.5.